The van der Waals surface area contributed by atoms with E-state index in [1.165, 1.54) is 10.8 Å². The third-order valence-corrected chi connectivity index (χ3v) is 3.84. The molecule has 6 heteroatoms. The summed E-state index contributed by atoms with van der Waals surface area (Å²) in [5.41, 5.74) is 1.31. The molecular formula is C15H13F4NO. The van der Waals surface area contributed by atoms with E-state index in [-0.39, 0.29) is 17.7 Å². The maximum atomic E-state index is 13.6. The lowest BCUT2D eigenvalue weighted by Gasteiger charge is -2.29. The summed E-state index contributed by atoms with van der Waals surface area (Å²) in [5.74, 6) is -4.67. The van der Waals surface area contributed by atoms with Gasteiger partial charge in [0.2, 0.25) is 0 Å². The van der Waals surface area contributed by atoms with Gasteiger partial charge in [-0.15, -0.1) is 0 Å². The molecule has 2 aromatic rings. The highest BCUT2D eigenvalue weighted by Crippen LogP contribution is 2.44. The molecule has 0 radical (unpaired) electrons. The molecule has 0 fully saturated rings. The molecule has 3 rings (SSSR count). The zero-order valence-corrected chi connectivity index (χ0v) is 11.2. The lowest BCUT2D eigenvalue weighted by atomic mass is 9.89. The van der Waals surface area contributed by atoms with E-state index in [1.54, 1.807) is 6.92 Å². The van der Waals surface area contributed by atoms with Gasteiger partial charge in [0.05, 0.1) is 5.69 Å². The van der Waals surface area contributed by atoms with Crippen molar-refractivity contribution in [3.05, 3.63) is 52.9 Å². The molecule has 112 valence electrons. The van der Waals surface area contributed by atoms with Gasteiger partial charge in [0.1, 0.15) is 17.7 Å². The van der Waals surface area contributed by atoms with E-state index in [9.17, 15) is 22.7 Å². The molecule has 0 bridgehead atoms. The number of alkyl halides is 2. The standard InChI is InChI=1S/C15H13F4NO/c1-8-7-20(11-5-9(16)4-10(17)6-11)12-2-3-15(18,19)14(21)13(8)12/h4-7,14,21H,2-3H2,1H3/t14-/m0/s1. The summed E-state index contributed by atoms with van der Waals surface area (Å²) in [6.45, 7) is 1.59. The Balaban J connectivity index is 2.17. The molecule has 1 aromatic carbocycles. The van der Waals surface area contributed by atoms with Gasteiger partial charge in [0, 0.05) is 29.9 Å². The topological polar surface area (TPSA) is 25.2 Å². The predicted molar refractivity (Wildman–Crippen MR) is 68.6 cm³/mol. The second-order valence-corrected chi connectivity index (χ2v) is 5.33. The monoisotopic (exact) mass is 299 g/mol. The Morgan fingerprint density at radius 1 is 1.19 bits per heavy atom. The van der Waals surface area contributed by atoms with E-state index in [0.29, 0.717) is 11.3 Å². The van der Waals surface area contributed by atoms with Crippen LogP contribution < -0.4 is 0 Å². The molecule has 2 nitrogen and oxygen atoms in total. The number of hydrogen-bond acceptors (Lipinski definition) is 1. The fourth-order valence-corrected chi connectivity index (χ4v) is 2.87. The fourth-order valence-electron chi connectivity index (χ4n) is 2.87. The molecule has 0 unspecified atom stereocenters. The van der Waals surface area contributed by atoms with Crippen LogP contribution in [-0.2, 0) is 6.42 Å². The zero-order valence-electron chi connectivity index (χ0n) is 11.2. The fraction of sp³-hybridized carbons (Fsp3) is 0.333. The highest BCUT2D eigenvalue weighted by molar-refractivity contribution is 5.45. The minimum Gasteiger partial charge on any atom is -0.382 e. The predicted octanol–water partition coefficient (Wildman–Crippen LogP) is 3.68. The summed E-state index contributed by atoms with van der Waals surface area (Å²) >= 11 is 0. The normalized spacial score (nSPS) is 20.4. The average molecular weight is 299 g/mol. The van der Waals surface area contributed by atoms with Gasteiger partial charge in [-0.1, -0.05) is 0 Å². The number of halogens is 4. The van der Waals surface area contributed by atoms with Crippen LogP contribution in [0.15, 0.2) is 24.4 Å². The molecule has 1 N–H and O–H groups in total. The van der Waals surface area contributed by atoms with Crippen molar-refractivity contribution in [2.45, 2.75) is 31.8 Å². The number of hydrogen-bond donors (Lipinski definition) is 1. The molecule has 1 heterocycles. The van der Waals surface area contributed by atoms with Gasteiger partial charge < -0.3 is 9.67 Å². The number of aromatic nitrogens is 1. The second kappa shape index (κ2) is 4.59. The minimum atomic E-state index is -3.18. The molecule has 21 heavy (non-hydrogen) atoms. The highest BCUT2D eigenvalue weighted by atomic mass is 19.3. The lowest BCUT2D eigenvalue weighted by molar-refractivity contribution is -0.122. The van der Waals surface area contributed by atoms with Crippen molar-refractivity contribution in [2.75, 3.05) is 0 Å². The van der Waals surface area contributed by atoms with Crippen molar-refractivity contribution < 1.29 is 22.7 Å². The van der Waals surface area contributed by atoms with Crippen LogP contribution in [0, 0.1) is 18.6 Å². The minimum absolute atomic E-state index is 0.0331. The van der Waals surface area contributed by atoms with Crippen LogP contribution >= 0.6 is 0 Å². The molecule has 0 saturated heterocycles. The summed E-state index contributed by atoms with van der Waals surface area (Å²) in [7, 11) is 0. The number of aliphatic hydroxyl groups excluding tert-OH is 1. The van der Waals surface area contributed by atoms with Gasteiger partial charge in [-0.05, 0) is 31.0 Å². The van der Waals surface area contributed by atoms with Gasteiger partial charge >= 0.3 is 0 Å². The van der Waals surface area contributed by atoms with Gasteiger partial charge in [-0.3, -0.25) is 0 Å². The van der Waals surface area contributed by atoms with Crippen LogP contribution in [-0.4, -0.2) is 15.6 Å². The third kappa shape index (κ3) is 2.23. The number of fused-ring (bicyclic) bond motifs is 1. The van der Waals surface area contributed by atoms with Crippen molar-refractivity contribution in [1.82, 2.24) is 4.57 Å². The zero-order chi connectivity index (χ0) is 15.4. The van der Waals surface area contributed by atoms with Crippen molar-refractivity contribution >= 4 is 0 Å². The first-order chi connectivity index (χ1) is 9.79. The Kier molecular flexibility index (Phi) is 3.09. The molecular weight excluding hydrogens is 286 g/mol. The first-order valence-corrected chi connectivity index (χ1v) is 6.52. The molecule has 1 aromatic heterocycles. The van der Waals surface area contributed by atoms with Crippen molar-refractivity contribution in [3.8, 4) is 5.69 Å². The number of nitrogens with zero attached hydrogens (tertiary/aromatic N) is 1. The van der Waals surface area contributed by atoms with Crippen LogP contribution in [0.25, 0.3) is 5.69 Å². The number of aryl methyl sites for hydroxylation is 1. The average Bonchev–Trinajstić information content (AvgIpc) is 2.71. The molecule has 0 amide bonds. The van der Waals surface area contributed by atoms with Crippen LogP contribution in [0.4, 0.5) is 17.6 Å². The van der Waals surface area contributed by atoms with Gasteiger partial charge in [0.15, 0.2) is 0 Å². The maximum Gasteiger partial charge on any atom is 0.278 e. The molecule has 1 atom stereocenters. The number of benzene rings is 1. The SMILES string of the molecule is Cc1cn(-c2cc(F)cc(F)c2)c2c1[C@H](O)C(F)(F)CC2. The van der Waals surface area contributed by atoms with E-state index in [4.69, 9.17) is 0 Å². The van der Waals surface area contributed by atoms with Gasteiger partial charge in [-0.2, -0.15) is 0 Å². The molecule has 0 aliphatic heterocycles. The maximum absolute atomic E-state index is 13.6. The Labute approximate surface area is 118 Å². The Morgan fingerprint density at radius 3 is 2.43 bits per heavy atom. The van der Waals surface area contributed by atoms with E-state index >= 15 is 0 Å². The second-order valence-electron chi connectivity index (χ2n) is 5.33. The molecule has 1 aliphatic rings. The van der Waals surface area contributed by atoms with Crippen LogP contribution in [0.5, 0.6) is 0 Å². The van der Waals surface area contributed by atoms with E-state index in [0.717, 1.165) is 18.2 Å². The lowest BCUT2D eigenvalue weighted by Crippen LogP contribution is -2.32. The highest BCUT2D eigenvalue weighted by Gasteiger charge is 2.45. The van der Waals surface area contributed by atoms with Gasteiger partial charge in [0.25, 0.3) is 5.92 Å². The Bertz CT molecular complexity index is 688. The van der Waals surface area contributed by atoms with Crippen LogP contribution in [0.2, 0.25) is 0 Å². The summed E-state index contributed by atoms with van der Waals surface area (Å²) < 4.78 is 55.4. The van der Waals surface area contributed by atoms with Crippen LogP contribution in [0.3, 0.4) is 0 Å². The first-order valence-electron chi connectivity index (χ1n) is 6.52. The molecule has 0 saturated carbocycles. The van der Waals surface area contributed by atoms with E-state index in [2.05, 4.69) is 0 Å². The largest absolute Gasteiger partial charge is 0.382 e. The Morgan fingerprint density at radius 2 is 1.81 bits per heavy atom. The molecule has 1 aliphatic carbocycles. The third-order valence-electron chi connectivity index (χ3n) is 3.84. The number of aliphatic hydroxyl groups is 1. The smallest absolute Gasteiger partial charge is 0.278 e. The Hall–Kier alpha value is -1.82. The van der Waals surface area contributed by atoms with Crippen LogP contribution in [0.1, 0.15) is 29.3 Å². The van der Waals surface area contributed by atoms with Gasteiger partial charge in [-0.25, -0.2) is 17.6 Å². The summed E-state index contributed by atoms with van der Waals surface area (Å²) in [6.07, 6.45) is -0.835. The summed E-state index contributed by atoms with van der Waals surface area (Å²) in [6, 6.07) is 3.00. The van der Waals surface area contributed by atoms with Crippen molar-refractivity contribution in [2.24, 2.45) is 0 Å². The summed E-state index contributed by atoms with van der Waals surface area (Å²) in [4.78, 5) is 0. The first kappa shape index (κ1) is 14.1. The summed E-state index contributed by atoms with van der Waals surface area (Å²) in [5, 5.41) is 9.83. The van der Waals surface area contributed by atoms with Crippen molar-refractivity contribution in [3.63, 3.8) is 0 Å². The quantitative estimate of drug-likeness (QED) is 0.798. The van der Waals surface area contributed by atoms with E-state index < -0.39 is 30.1 Å². The molecule has 0 spiro atoms. The van der Waals surface area contributed by atoms with Crippen molar-refractivity contribution in [1.29, 1.82) is 0 Å². The van der Waals surface area contributed by atoms with E-state index in [1.807, 2.05) is 0 Å². The number of rotatable bonds is 1.